The van der Waals surface area contributed by atoms with Crippen LogP contribution >= 0.6 is 11.8 Å². The van der Waals surface area contributed by atoms with Gasteiger partial charge in [-0.05, 0) is 56.5 Å². The quantitative estimate of drug-likeness (QED) is 0.591. The Balaban J connectivity index is 2.11. The van der Waals surface area contributed by atoms with Crippen LogP contribution in [0.15, 0.2) is 29.2 Å². The largest absolute Gasteiger partial charge is 0.465 e. The lowest BCUT2D eigenvalue weighted by Gasteiger charge is -2.32. The van der Waals surface area contributed by atoms with Crippen molar-refractivity contribution in [2.75, 3.05) is 18.9 Å². The second kappa shape index (κ2) is 7.27. The molecular weight excluding hydrogens is 289 g/mol. The summed E-state index contributed by atoms with van der Waals surface area (Å²) in [5.41, 5.74) is -0.621. The molecule has 0 amide bonds. The molecule has 0 spiro atoms. The number of likely N-dealkylation sites (N-methyl/N-ethyl adjacent to an activating group) is 1. The molecule has 21 heavy (non-hydrogen) atoms. The lowest BCUT2D eigenvalue weighted by molar-refractivity contribution is -0.151. The van der Waals surface area contributed by atoms with E-state index in [0.29, 0.717) is 18.3 Å². The second-order valence-electron chi connectivity index (χ2n) is 5.24. The highest BCUT2D eigenvalue weighted by atomic mass is 32.2. The van der Waals surface area contributed by atoms with Crippen LogP contribution in [0.3, 0.4) is 0 Å². The van der Waals surface area contributed by atoms with E-state index >= 15 is 0 Å². The number of carbonyl (C=O) groups excluding carboxylic acids is 1. The first kappa shape index (κ1) is 16.3. The molecule has 116 valence electrons. The molecule has 0 bridgehead atoms. The van der Waals surface area contributed by atoms with Gasteiger partial charge in [0, 0.05) is 10.6 Å². The summed E-state index contributed by atoms with van der Waals surface area (Å²) in [5.74, 6) is 0.536. The fraction of sp³-hybridized carbons (Fsp3) is 0.562. The first-order valence-corrected chi connectivity index (χ1v) is 8.41. The Labute approximate surface area is 129 Å². The Kier molecular flexibility index (Phi) is 5.65. The Morgan fingerprint density at radius 3 is 2.57 bits per heavy atom. The highest BCUT2D eigenvalue weighted by molar-refractivity contribution is 7.99. The van der Waals surface area contributed by atoms with E-state index in [4.69, 9.17) is 4.74 Å². The van der Waals surface area contributed by atoms with Crippen molar-refractivity contribution in [2.45, 2.75) is 37.1 Å². The van der Waals surface area contributed by atoms with E-state index in [1.54, 1.807) is 23.9 Å². The fourth-order valence-electron chi connectivity index (χ4n) is 2.49. The van der Waals surface area contributed by atoms with Crippen molar-refractivity contribution >= 4 is 17.7 Å². The summed E-state index contributed by atoms with van der Waals surface area (Å²) in [6.07, 6.45) is 2.10. The third-order valence-corrected chi connectivity index (χ3v) is 4.89. The molecule has 1 aromatic carbocycles. The maximum absolute atomic E-state index is 13.0. The molecule has 0 aliphatic heterocycles. The van der Waals surface area contributed by atoms with Gasteiger partial charge < -0.3 is 10.1 Å². The van der Waals surface area contributed by atoms with Crippen LogP contribution in [-0.2, 0) is 9.53 Å². The van der Waals surface area contributed by atoms with E-state index < -0.39 is 5.54 Å². The number of hydrogen-bond donors (Lipinski definition) is 1. The van der Waals surface area contributed by atoms with E-state index in [1.807, 2.05) is 13.8 Å². The van der Waals surface area contributed by atoms with Gasteiger partial charge in [0.25, 0.3) is 0 Å². The highest BCUT2D eigenvalue weighted by Crippen LogP contribution is 2.43. The molecule has 1 aromatic rings. The Bertz CT molecular complexity index is 476. The van der Waals surface area contributed by atoms with Gasteiger partial charge in [0.05, 0.1) is 6.61 Å². The number of ether oxygens (including phenoxy) is 1. The van der Waals surface area contributed by atoms with Crippen molar-refractivity contribution < 1.29 is 13.9 Å². The molecule has 5 heteroatoms. The van der Waals surface area contributed by atoms with Crippen LogP contribution in [0.1, 0.15) is 26.7 Å². The highest BCUT2D eigenvalue weighted by Gasteiger charge is 2.51. The zero-order valence-corrected chi connectivity index (χ0v) is 13.3. The Morgan fingerprint density at radius 2 is 2.05 bits per heavy atom. The smallest absolute Gasteiger partial charge is 0.327 e. The number of hydrogen-bond acceptors (Lipinski definition) is 4. The number of thioether (sulfide) groups is 1. The van der Waals surface area contributed by atoms with E-state index in [9.17, 15) is 9.18 Å². The predicted molar refractivity (Wildman–Crippen MR) is 82.9 cm³/mol. The van der Waals surface area contributed by atoms with Gasteiger partial charge in [-0.2, -0.15) is 0 Å². The van der Waals surface area contributed by atoms with Gasteiger partial charge >= 0.3 is 5.97 Å². The van der Waals surface area contributed by atoms with Crippen molar-refractivity contribution in [3.8, 4) is 0 Å². The number of esters is 1. The number of benzene rings is 1. The van der Waals surface area contributed by atoms with E-state index in [-0.39, 0.29) is 11.8 Å². The number of halogens is 1. The second-order valence-corrected chi connectivity index (χ2v) is 6.29. The SMILES string of the molecule is CCNC(CSc1ccc(F)cc1)(C(=O)OCC)C1CC1. The van der Waals surface area contributed by atoms with Crippen molar-refractivity contribution in [1.29, 1.82) is 0 Å². The van der Waals surface area contributed by atoms with Crippen LogP contribution in [0.2, 0.25) is 0 Å². The summed E-state index contributed by atoms with van der Waals surface area (Å²) in [7, 11) is 0. The van der Waals surface area contributed by atoms with Crippen LogP contribution in [-0.4, -0.2) is 30.4 Å². The number of carbonyl (C=O) groups is 1. The molecule has 1 atom stereocenters. The van der Waals surface area contributed by atoms with Gasteiger partial charge in [-0.1, -0.05) is 6.92 Å². The van der Waals surface area contributed by atoms with Gasteiger partial charge in [0.2, 0.25) is 0 Å². The van der Waals surface area contributed by atoms with Crippen LogP contribution in [0.4, 0.5) is 4.39 Å². The normalized spacial score (nSPS) is 17.3. The first-order chi connectivity index (χ1) is 10.1. The molecule has 1 fully saturated rings. The monoisotopic (exact) mass is 311 g/mol. The Morgan fingerprint density at radius 1 is 1.38 bits per heavy atom. The minimum absolute atomic E-state index is 0.163. The van der Waals surface area contributed by atoms with Gasteiger partial charge in [-0.3, -0.25) is 4.79 Å². The molecule has 1 N–H and O–H groups in total. The van der Waals surface area contributed by atoms with E-state index in [0.717, 1.165) is 24.3 Å². The minimum atomic E-state index is -0.621. The average molecular weight is 311 g/mol. The van der Waals surface area contributed by atoms with Crippen molar-refractivity contribution in [2.24, 2.45) is 5.92 Å². The number of nitrogens with one attached hydrogen (secondary N) is 1. The maximum Gasteiger partial charge on any atom is 0.327 e. The lowest BCUT2D eigenvalue weighted by Crippen LogP contribution is -2.57. The van der Waals surface area contributed by atoms with Gasteiger partial charge in [0.15, 0.2) is 0 Å². The molecule has 1 aliphatic rings. The minimum Gasteiger partial charge on any atom is -0.465 e. The predicted octanol–water partition coefficient (Wildman–Crippen LogP) is 3.24. The molecule has 0 aromatic heterocycles. The van der Waals surface area contributed by atoms with Crippen LogP contribution in [0, 0.1) is 11.7 Å². The fourth-order valence-corrected chi connectivity index (χ4v) is 3.67. The molecule has 1 saturated carbocycles. The molecule has 2 rings (SSSR count). The standard InChI is InChI=1S/C16H22FNO2S/c1-3-18-16(12-5-6-12,15(19)20-4-2)11-21-14-9-7-13(17)8-10-14/h7-10,12,18H,3-6,11H2,1-2H3. The van der Waals surface area contributed by atoms with Gasteiger partial charge in [0.1, 0.15) is 11.4 Å². The summed E-state index contributed by atoms with van der Waals surface area (Å²) >= 11 is 1.57. The summed E-state index contributed by atoms with van der Waals surface area (Å²) in [6.45, 7) is 4.94. The zero-order chi connectivity index (χ0) is 15.3. The van der Waals surface area contributed by atoms with E-state index in [1.165, 1.54) is 12.1 Å². The van der Waals surface area contributed by atoms with Crippen molar-refractivity contribution in [1.82, 2.24) is 5.32 Å². The topological polar surface area (TPSA) is 38.3 Å². The van der Waals surface area contributed by atoms with Crippen LogP contribution < -0.4 is 5.32 Å². The maximum atomic E-state index is 13.0. The lowest BCUT2D eigenvalue weighted by atomic mass is 9.95. The van der Waals surface area contributed by atoms with Gasteiger partial charge in [-0.25, -0.2) is 4.39 Å². The van der Waals surface area contributed by atoms with Crippen molar-refractivity contribution in [3.05, 3.63) is 30.1 Å². The summed E-state index contributed by atoms with van der Waals surface area (Å²) in [6, 6.07) is 6.38. The summed E-state index contributed by atoms with van der Waals surface area (Å²) in [5, 5.41) is 3.35. The average Bonchev–Trinajstić information content (AvgIpc) is 3.30. The Hall–Kier alpha value is -1.07. The van der Waals surface area contributed by atoms with E-state index in [2.05, 4.69) is 5.32 Å². The molecular formula is C16H22FNO2S. The summed E-state index contributed by atoms with van der Waals surface area (Å²) in [4.78, 5) is 13.4. The van der Waals surface area contributed by atoms with Crippen LogP contribution in [0.5, 0.6) is 0 Å². The first-order valence-electron chi connectivity index (χ1n) is 7.43. The molecule has 0 saturated heterocycles. The molecule has 1 unspecified atom stereocenters. The molecule has 0 heterocycles. The van der Waals surface area contributed by atoms with Gasteiger partial charge in [-0.15, -0.1) is 11.8 Å². The summed E-state index contributed by atoms with van der Waals surface area (Å²) < 4.78 is 18.2. The molecule has 0 radical (unpaired) electrons. The number of rotatable bonds is 8. The molecule has 1 aliphatic carbocycles. The zero-order valence-electron chi connectivity index (χ0n) is 12.5. The molecule has 3 nitrogen and oxygen atoms in total. The van der Waals surface area contributed by atoms with Crippen molar-refractivity contribution in [3.63, 3.8) is 0 Å². The third-order valence-electron chi connectivity index (χ3n) is 3.69. The third kappa shape index (κ3) is 3.98. The van der Waals surface area contributed by atoms with Crippen LogP contribution in [0.25, 0.3) is 0 Å².